The minimum atomic E-state index is -0.278. The van der Waals surface area contributed by atoms with Crippen LogP contribution in [-0.4, -0.2) is 12.6 Å². The van der Waals surface area contributed by atoms with Gasteiger partial charge in [-0.05, 0) is 55.7 Å². The summed E-state index contributed by atoms with van der Waals surface area (Å²) in [5, 5.41) is 0.687. The highest BCUT2D eigenvalue weighted by molar-refractivity contribution is 6.30. The lowest BCUT2D eigenvalue weighted by Crippen LogP contribution is -2.10. The zero-order chi connectivity index (χ0) is 15.9. The number of hydrogen-bond acceptors (Lipinski definition) is 3. The second-order valence-corrected chi connectivity index (χ2v) is 5.42. The van der Waals surface area contributed by atoms with Crippen molar-refractivity contribution in [2.75, 3.05) is 6.61 Å². The van der Waals surface area contributed by atoms with Gasteiger partial charge in [-0.1, -0.05) is 29.8 Å². The van der Waals surface area contributed by atoms with Crippen LogP contribution in [0.4, 0.5) is 0 Å². The molecule has 0 aromatic heterocycles. The fourth-order valence-corrected chi connectivity index (χ4v) is 2.17. The quantitative estimate of drug-likeness (QED) is 0.577. The fraction of sp³-hybridized carbons (Fsp3) is 0.278. The molecule has 0 N–H and O–H groups in total. The summed E-state index contributed by atoms with van der Waals surface area (Å²) in [6, 6.07) is 13.0. The Morgan fingerprint density at radius 1 is 1.09 bits per heavy atom. The minimum absolute atomic E-state index is 0.278. The van der Waals surface area contributed by atoms with Gasteiger partial charge in [0, 0.05) is 11.4 Å². The Kier molecular flexibility index (Phi) is 5.84. The van der Waals surface area contributed by atoms with Gasteiger partial charge in [-0.15, -0.1) is 0 Å². The molecule has 22 heavy (non-hydrogen) atoms. The first-order valence-corrected chi connectivity index (χ1v) is 7.65. The Hall–Kier alpha value is -2.00. The van der Waals surface area contributed by atoms with Crippen LogP contribution >= 0.6 is 11.6 Å². The Bertz CT molecular complexity index is 635. The molecular weight excluding hydrogens is 300 g/mol. The molecule has 0 fully saturated rings. The molecule has 0 spiro atoms. The number of esters is 1. The number of aryl methyl sites for hydroxylation is 2. The van der Waals surface area contributed by atoms with Crippen molar-refractivity contribution < 1.29 is 14.3 Å². The number of halogens is 1. The third kappa shape index (κ3) is 4.78. The number of hydrogen-bond donors (Lipinski definition) is 0. The highest BCUT2D eigenvalue weighted by Gasteiger charge is 2.11. The van der Waals surface area contributed by atoms with Crippen molar-refractivity contribution in [3.05, 3.63) is 58.6 Å². The van der Waals surface area contributed by atoms with E-state index in [1.165, 1.54) is 0 Å². The molecule has 0 amide bonds. The van der Waals surface area contributed by atoms with Crippen LogP contribution < -0.4 is 9.47 Å². The molecule has 4 heteroatoms. The first-order chi connectivity index (χ1) is 10.6. The molecule has 0 atom stereocenters. The molecule has 0 bridgehead atoms. The molecule has 0 unspecified atom stereocenters. The van der Waals surface area contributed by atoms with Gasteiger partial charge in [0.1, 0.15) is 0 Å². The van der Waals surface area contributed by atoms with Crippen LogP contribution in [0.25, 0.3) is 0 Å². The van der Waals surface area contributed by atoms with Gasteiger partial charge in [-0.3, -0.25) is 4.79 Å². The smallest absolute Gasteiger partial charge is 0.311 e. The van der Waals surface area contributed by atoms with Gasteiger partial charge in [-0.2, -0.15) is 0 Å². The van der Waals surface area contributed by atoms with Crippen LogP contribution in [0, 0.1) is 6.92 Å². The molecule has 0 aliphatic carbocycles. The van der Waals surface area contributed by atoms with E-state index >= 15 is 0 Å². The first kappa shape index (κ1) is 16.4. The van der Waals surface area contributed by atoms with E-state index < -0.39 is 0 Å². The first-order valence-electron chi connectivity index (χ1n) is 7.27. The summed E-state index contributed by atoms with van der Waals surface area (Å²) in [6.45, 7) is 4.39. The van der Waals surface area contributed by atoms with E-state index in [9.17, 15) is 4.79 Å². The second-order valence-electron chi connectivity index (χ2n) is 4.98. The Balaban J connectivity index is 1.95. The summed E-state index contributed by atoms with van der Waals surface area (Å²) in [5.41, 5.74) is 2.11. The van der Waals surface area contributed by atoms with Crippen LogP contribution in [0.2, 0.25) is 5.02 Å². The van der Waals surface area contributed by atoms with Gasteiger partial charge in [0.25, 0.3) is 0 Å². The van der Waals surface area contributed by atoms with Crippen molar-refractivity contribution in [3.8, 4) is 11.5 Å². The van der Waals surface area contributed by atoms with Crippen molar-refractivity contribution in [1.82, 2.24) is 0 Å². The summed E-state index contributed by atoms with van der Waals surface area (Å²) >= 11 is 5.84. The van der Waals surface area contributed by atoms with Crippen LogP contribution in [0.1, 0.15) is 24.5 Å². The predicted octanol–water partition coefficient (Wildman–Crippen LogP) is 4.59. The SMILES string of the molecule is CCOc1cc(C)ccc1OC(=O)CCc1ccc(Cl)cc1. The maximum absolute atomic E-state index is 12.0. The average Bonchev–Trinajstić information content (AvgIpc) is 2.50. The summed E-state index contributed by atoms with van der Waals surface area (Å²) < 4.78 is 10.9. The molecule has 2 aromatic carbocycles. The zero-order valence-corrected chi connectivity index (χ0v) is 13.5. The molecule has 116 valence electrons. The number of ether oxygens (including phenoxy) is 2. The largest absolute Gasteiger partial charge is 0.490 e. The molecular formula is C18H19ClO3. The topological polar surface area (TPSA) is 35.5 Å². The Morgan fingerprint density at radius 3 is 2.50 bits per heavy atom. The van der Waals surface area contributed by atoms with Crippen LogP contribution in [0.5, 0.6) is 11.5 Å². The van der Waals surface area contributed by atoms with Gasteiger partial charge in [0.15, 0.2) is 11.5 Å². The van der Waals surface area contributed by atoms with E-state index in [1.807, 2.05) is 50.2 Å². The van der Waals surface area contributed by atoms with Gasteiger partial charge in [-0.25, -0.2) is 0 Å². The highest BCUT2D eigenvalue weighted by Crippen LogP contribution is 2.28. The van der Waals surface area contributed by atoms with Gasteiger partial charge >= 0.3 is 5.97 Å². The van der Waals surface area contributed by atoms with E-state index in [1.54, 1.807) is 6.07 Å². The number of carbonyl (C=O) groups is 1. The summed E-state index contributed by atoms with van der Waals surface area (Å²) in [7, 11) is 0. The Labute approximate surface area is 135 Å². The third-order valence-electron chi connectivity index (χ3n) is 3.15. The van der Waals surface area contributed by atoms with Crippen molar-refractivity contribution >= 4 is 17.6 Å². The molecule has 0 aliphatic heterocycles. The molecule has 0 radical (unpaired) electrons. The molecule has 2 rings (SSSR count). The van der Waals surface area contributed by atoms with E-state index in [4.69, 9.17) is 21.1 Å². The maximum Gasteiger partial charge on any atom is 0.311 e. The van der Waals surface area contributed by atoms with Gasteiger partial charge in [0.2, 0.25) is 0 Å². The van der Waals surface area contributed by atoms with E-state index in [-0.39, 0.29) is 5.97 Å². The molecule has 0 aliphatic rings. The highest BCUT2D eigenvalue weighted by atomic mass is 35.5. The third-order valence-corrected chi connectivity index (χ3v) is 3.41. The van der Waals surface area contributed by atoms with Crippen LogP contribution in [0.15, 0.2) is 42.5 Å². The van der Waals surface area contributed by atoms with Crippen molar-refractivity contribution in [1.29, 1.82) is 0 Å². The van der Waals surface area contributed by atoms with Crippen molar-refractivity contribution in [3.63, 3.8) is 0 Å². The lowest BCUT2D eigenvalue weighted by atomic mass is 10.1. The molecule has 0 heterocycles. The monoisotopic (exact) mass is 318 g/mol. The number of rotatable bonds is 6. The lowest BCUT2D eigenvalue weighted by Gasteiger charge is -2.11. The van der Waals surface area contributed by atoms with E-state index in [0.717, 1.165) is 11.1 Å². The van der Waals surface area contributed by atoms with Crippen LogP contribution in [-0.2, 0) is 11.2 Å². The fourth-order valence-electron chi connectivity index (χ4n) is 2.04. The summed E-state index contributed by atoms with van der Waals surface area (Å²) in [5.74, 6) is 0.788. The molecule has 2 aromatic rings. The summed E-state index contributed by atoms with van der Waals surface area (Å²) in [6.07, 6.45) is 0.924. The Morgan fingerprint density at radius 2 is 1.82 bits per heavy atom. The molecule has 3 nitrogen and oxygen atoms in total. The lowest BCUT2D eigenvalue weighted by molar-refractivity contribution is -0.134. The minimum Gasteiger partial charge on any atom is -0.490 e. The standard InChI is InChI=1S/C18H19ClO3/c1-3-21-17-12-13(2)4-10-16(17)22-18(20)11-7-14-5-8-15(19)9-6-14/h4-6,8-10,12H,3,7,11H2,1-2H3. The maximum atomic E-state index is 12.0. The van der Waals surface area contributed by atoms with Gasteiger partial charge in [0.05, 0.1) is 6.61 Å². The molecule has 0 saturated carbocycles. The van der Waals surface area contributed by atoms with Crippen molar-refractivity contribution in [2.45, 2.75) is 26.7 Å². The van der Waals surface area contributed by atoms with E-state index in [2.05, 4.69) is 0 Å². The summed E-state index contributed by atoms with van der Waals surface area (Å²) in [4.78, 5) is 12.0. The number of benzene rings is 2. The zero-order valence-electron chi connectivity index (χ0n) is 12.8. The van der Waals surface area contributed by atoms with Crippen LogP contribution in [0.3, 0.4) is 0 Å². The van der Waals surface area contributed by atoms with E-state index in [0.29, 0.717) is 36.0 Å². The van der Waals surface area contributed by atoms with Gasteiger partial charge < -0.3 is 9.47 Å². The average molecular weight is 319 g/mol. The number of carbonyl (C=O) groups excluding carboxylic acids is 1. The predicted molar refractivity (Wildman–Crippen MR) is 87.8 cm³/mol. The van der Waals surface area contributed by atoms with Crippen molar-refractivity contribution in [2.24, 2.45) is 0 Å². The normalized spacial score (nSPS) is 10.3. The second kappa shape index (κ2) is 7.85. The molecule has 0 saturated heterocycles.